The maximum atomic E-state index is 11.7. The maximum Gasteiger partial charge on any atom is 0.312 e. The molecule has 4 nitrogen and oxygen atoms in total. The van der Waals surface area contributed by atoms with Crippen molar-refractivity contribution in [3.63, 3.8) is 0 Å². The second-order valence-corrected chi connectivity index (χ2v) is 4.29. The van der Waals surface area contributed by atoms with E-state index in [1.54, 1.807) is 0 Å². The zero-order valence-corrected chi connectivity index (χ0v) is 9.91. The van der Waals surface area contributed by atoms with Gasteiger partial charge in [-0.3, -0.25) is 9.69 Å². The van der Waals surface area contributed by atoms with Gasteiger partial charge in [-0.05, 0) is 13.3 Å². The number of methoxy groups -OCH3 is 1. The van der Waals surface area contributed by atoms with Crippen LogP contribution in [0, 0.1) is 5.41 Å². The van der Waals surface area contributed by atoms with Crippen LogP contribution in [0.25, 0.3) is 0 Å². The number of morpholine rings is 1. The first-order chi connectivity index (χ1) is 7.12. The van der Waals surface area contributed by atoms with Crippen LogP contribution in [0.3, 0.4) is 0 Å². The van der Waals surface area contributed by atoms with E-state index in [2.05, 4.69) is 4.90 Å². The van der Waals surface area contributed by atoms with Crippen LogP contribution in [0.4, 0.5) is 0 Å². The zero-order chi connectivity index (χ0) is 11.3. The van der Waals surface area contributed by atoms with Gasteiger partial charge in [-0.25, -0.2) is 0 Å². The normalized spacial score (nSPS) is 22.1. The molecule has 1 rings (SSSR count). The van der Waals surface area contributed by atoms with Crippen LogP contribution >= 0.6 is 0 Å². The lowest BCUT2D eigenvalue weighted by atomic mass is 9.87. The highest BCUT2D eigenvalue weighted by Gasteiger charge is 2.34. The number of carbonyl (C=O) groups excluding carboxylic acids is 1. The predicted molar refractivity (Wildman–Crippen MR) is 57.7 cm³/mol. The van der Waals surface area contributed by atoms with Crippen molar-refractivity contribution in [3.05, 3.63) is 0 Å². The molecule has 1 aliphatic heterocycles. The van der Waals surface area contributed by atoms with Crippen LogP contribution in [0.1, 0.15) is 20.3 Å². The molecule has 1 fully saturated rings. The zero-order valence-electron chi connectivity index (χ0n) is 9.91. The average Bonchev–Trinajstić information content (AvgIpc) is 2.29. The van der Waals surface area contributed by atoms with Gasteiger partial charge in [-0.1, -0.05) is 6.92 Å². The SMILES string of the molecule is CCC(C)(CN1CCOCC1)C(=O)OC. The fourth-order valence-electron chi connectivity index (χ4n) is 1.82. The maximum absolute atomic E-state index is 11.7. The predicted octanol–water partition coefficient (Wildman–Crippen LogP) is 0.908. The molecule has 0 aliphatic carbocycles. The lowest BCUT2D eigenvalue weighted by Gasteiger charge is -2.34. The van der Waals surface area contributed by atoms with E-state index in [-0.39, 0.29) is 11.4 Å². The van der Waals surface area contributed by atoms with Gasteiger partial charge in [0.15, 0.2) is 0 Å². The van der Waals surface area contributed by atoms with Crippen molar-refractivity contribution in [2.75, 3.05) is 40.0 Å². The van der Waals surface area contributed by atoms with Gasteiger partial charge >= 0.3 is 5.97 Å². The number of hydrogen-bond acceptors (Lipinski definition) is 4. The molecule has 0 N–H and O–H groups in total. The van der Waals surface area contributed by atoms with Crippen LogP contribution in [-0.2, 0) is 14.3 Å². The molecule has 1 aliphatic rings. The Morgan fingerprint density at radius 2 is 2.07 bits per heavy atom. The Balaban J connectivity index is 2.54. The summed E-state index contributed by atoms with van der Waals surface area (Å²) in [6.07, 6.45) is 0.803. The number of carbonyl (C=O) groups is 1. The molecule has 1 heterocycles. The van der Waals surface area contributed by atoms with E-state index < -0.39 is 0 Å². The summed E-state index contributed by atoms with van der Waals surface area (Å²) in [4.78, 5) is 13.9. The van der Waals surface area contributed by atoms with Crippen LogP contribution in [0.15, 0.2) is 0 Å². The minimum Gasteiger partial charge on any atom is -0.469 e. The minimum absolute atomic E-state index is 0.114. The highest BCUT2D eigenvalue weighted by Crippen LogP contribution is 2.24. The van der Waals surface area contributed by atoms with Crippen LogP contribution in [0.5, 0.6) is 0 Å². The fraction of sp³-hybridized carbons (Fsp3) is 0.909. The Morgan fingerprint density at radius 3 is 2.53 bits per heavy atom. The molecule has 0 spiro atoms. The summed E-state index contributed by atoms with van der Waals surface area (Å²) in [5, 5.41) is 0. The third-order valence-electron chi connectivity index (χ3n) is 3.13. The molecule has 4 heteroatoms. The Kier molecular flexibility index (Phi) is 4.54. The molecule has 0 radical (unpaired) electrons. The van der Waals surface area contributed by atoms with Gasteiger partial charge in [-0.15, -0.1) is 0 Å². The molecular weight excluding hydrogens is 194 g/mol. The van der Waals surface area contributed by atoms with E-state index in [1.165, 1.54) is 7.11 Å². The van der Waals surface area contributed by atoms with Gasteiger partial charge in [0.1, 0.15) is 0 Å². The summed E-state index contributed by atoms with van der Waals surface area (Å²) in [6, 6.07) is 0. The second kappa shape index (κ2) is 5.47. The first kappa shape index (κ1) is 12.5. The van der Waals surface area contributed by atoms with Crippen molar-refractivity contribution < 1.29 is 14.3 Å². The second-order valence-electron chi connectivity index (χ2n) is 4.29. The molecule has 0 saturated carbocycles. The highest BCUT2D eigenvalue weighted by atomic mass is 16.5. The molecule has 1 saturated heterocycles. The number of hydrogen-bond donors (Lipinski definition) is 0. The standard InChI is InChI=1S/C11H21NO3/c1-4-11(2,10(13)14-3)9-12-5-7-15-8-6-12/h4-9H2,1-3H3. The number of ether oxygens (including phenoxy) is 2. The largest absolute Gasteiger partial charge is 0.469 e. The number of rotatable bonds is 4. The van der Waals surface area contributed by atoms with E-state index in [4.69, 9.17) is 9.47 Å². The Hall–Kier alpha value is -0.610. The Bertz CT molecular complexity index is 214. The van der Waals surface area contributed by atoms with Crippen molar-refractivity contribution in [1.82, 2.24) is 4.90 Å². The molecule has 0 aromatic carbocycles. The van der Waals surface area contributed by atoms with E-state index in [0.29, 0.717) is 0 Å². The third kappa shape index (κ3) is 3.18. The van der Waals surface area contributed by atoms with Crippen LogP contribution < -0.4 is 0 Å². The summed E-state index contributed by atoms with van der Waals surface area (Å²) in [5.41, 5.74) is -0.383. The third-order valence-corrected chi connectivity index (χ3v) is 3.13. The van der Waals surface area contributed by atoms with Crippen LogP contribution in [-0.4, -0.2) is 50.8 Å². The number of esters is 1. The summed E-state index contributed by atoms with van der Waals surface area (Å²) >= 11 is 0. The topological polar surface area (TPSA) is 38.8 Å². The van der Waals surface area contributed by atoms with Crippen molar-refractivity contribution in [2.45, 2.75) is 20.3 Å². The molecule has 0 aromatic rings. The summed E-state index contributed by atoms with van der Waals surface area (Å²) < 4.78 is 10.1. The van der Waals surface area contributed by atoms with Gasteiger partial charge in [0.05, 0.1) is 25.7 Å². The molecule has 1 unspecified atom stereocenters. The van der Waals surface area contributed by atoms with Gasteiger partial charge in [0, 0.05) is 19.6 Å². The Morgan fingerprint density at radius 1 is 1.47 bits per heavy atom. The molecule has 15 heavy (non-hydrogen) atoms. The van der Waals surface area contributed by atoms with Crippen molar-refractivity contribution in [1.29, 1.82) is 0 Å². The molecule has 0 amide bonds. The first-order valence-corrected chi connectivity index (χ1v) is 5.51. The highest BCUT2D eigenvalue weighted by molar-refractivity contribution is 5.76. The lowest BCUT2D eigenvalue weighted by molar-refractivity contribution is -0.153. The van der Waals surface area contributed by atoms with Crippen molar-refractivity contribution in [3.8, 4) is 0 Å². The molecular formula is C11H21NO3. The average molecular weight is 215 g/mol. The van der Waals surface area contributed by atoms with E-state index in [0.717, 1.165) is 39.3 Å². The van der Waals surface area contributed by atoms with Gasteiger partial charge in [-0.2, -0.15) is 0 Å². The number of nitrogens with zero attached hydrogens (tertiary/aromatic N) is 1. The van der Waals surface area contributed by atoms with E-state index >= 15 is 0 Å². The molecule has 0 bridgehead atoms. The van der Waals surface area contributed by atoms with Crippen molar-refractivity contribution >= 4 is 5.97 Å². The fourth-order valence-corrected chi connectivity index (χ4v) is 1.82. The summed E-state index contributed by atoms with van der Waals surface area (Å²) in [7, 11) is 1.45. The van der Waals surface area contributed by atoms with Gasteiger partial charge in [0.2, 0.25) is 0 Å². The van der Waals surface area contributed by atoms with E-state index in [9.17, 15) is 4.79 Å². The lowest BCUT2D eigenvalue weighted by Crippen LogP contribution is -2.46. The molecule has 0 aromatic heterocycles. The smallest absolute Gasteiger partial charge is 0.312 e. The summed E-state index contributed by atoms with van der Waals surface area (Å²) in [6.45, 7) is 8.10. The summed E-state index contributed by atoms with van der Waals surface area (Å²) in [5.74, 6) is -0.114. The monoisotopic (exact) mass is 215 g/mol. The van der Waals surface area contributed by atoms with Crippen molar-refractivity contribution in [2.24, 2.45) is 5.41 Å². The first-order valence-electron chi connectivity index (χ1n) is 5.51. The Labute approximate surface area is 91.5 Å². The van der Waals surface area contributed by atoms with E-state index in [1.807, 2.05) is 13.8 Å². The minimum atomic E-state index is -0.383. The quantitative estimate of drug-likeness (QED) is 0.653. The molecule has 1 atom stereocenters. The van der Waals surface area contributed by atoms with Crippen LogP contribution in [0.2, 0.25) is 0 Å². The molecule has 88 valence electrons. The van der Waals surface area contributed by atoms with Gasteiger partial charge < -0.3 is 9.47 Å². The van der Waals surface area contributed by atoms with Gasteiger partial charge in [0.25, 0.3) is 0 Å².